The van der Waals surface area contributed by atoms with Crippen molar-refractivity contribution in [1.82, 2.24) is 10.2 Å². The summed E-state index contributed by atoms with van der Waals surface area (Å²) < 4.78 is 5.30. The van der Waals surface area contributed by atoms with Crippen molar-refractivity contribution < 1.29 is 19.4 Å². The molecule has 1 rings (SSSR count). The van der Waals surface area contributed by atoms with E-state index in [4.69, 9.17) is 9.84 Å². The Morgan fingerprint density at radius 3 is 2.89 bits per heavy atom. The van der Waals surface area contributed by atoms with Crippen molar-refractivity contribution in [2.24, 2.45) is 0 Å². The van der Waals surface area contributed by atoms with E-state index in [1.807, 2.05) is 13.8 Å². The van der Waals surface area contributed by atoms with E-state index in [0.717, 1.165) is 5.75 Å². The Morgan fingerprint density at radius 2 is 2.28 bits per heavy atom. The maximum atomic E-state index is 11.8. The van der Waals surface area contributed by atoms with Gasteiger partial charge in [0.15, 0.2) is 0 Å². The van der Waals surface area contributed by atoms with Gasteiger partial charge >= 0.3 is 12.0 Å². The summed E-state index contributed by atoms with van der Waals surface area (Å²) in [4.78, 5) is 24.3. The number of amides is 2. The molecule has 104 valence electrons. The molecule has 6 nitrogen and oxygen atoms in total. The van der Waals surface area contributed by atoms with Gasteiger partial charge in [-0.3, -0.25) is 0 Å². The Hall–Kier alpha value is -0.950. The van der Waals surface area contributed by atoms with Crippen molar-refractivity contribution in [3.8, 4) is 0 Å². The standard InChI is InChI=1S/C11H20N2O4S/c1-8(2)17-5-3-12-11(16)13-4-6-18-7-9(13)10(14)15/h8-9H,3-7H2,1-2H3,(H,12,16)(H,14,15). The zero-order valence-corrected chi connectivity index (χ0v) is 11.5. The van der Waals surface area contributed by atoms with E-state index >= 15 is 0 Å². The van der Waals surface area contributed by atoms with Crippen LogP contribution in [-0.4, -0.2) is 65.4 Å². The molecule has 2 N–H and O–H groups in total. The number of nitrogens with one attached hydrogen (secondary N) is 1. The zero-order valence-electron chi connectivity index (χ0n) is 10.7. The Bertz CT molecular complexity index is 299. The molecule has 2 amide bonds. The molecule has 1 atom stereocenters. The van der Waals surface area contributed by atoms with E-state index in [2.05, 4.69) is 5.32 Å². The molecule has 1 fully saturated rings. The third kappa shape index (κ3) is 4.73. The van der Waals surface area contributed by atoms with Gasteiger partial charge in [-0.05, 0) is 13.8 Å². The Morgan fingerprint density at radius 1 is 1.56 bits per heavy atom. The van der Waals surface area contributed by atoms with Crippen molar-refractivity contribution >= 4 is 23.8 Å². The number of carbonyl (C=O) groups is 2. The van der Waals surface area contributed by atoms with Crippen LogP contribution in [0.2, 0.25) is 0 Å². The van der Waals surface area contributed by atoms with Gasteiger partial charge in [-0.25, -0.2) is 9.59 Å². The molecule has 0 aromatic heterocycles. The molecule has 1 heterocycles. The minimum Gasteiger partial charge on any atom is -0.480 e. The highest BCUT2D eigenvalue weighted by atomic mass is 32.2. The monoisotopic (exact) mass is 276 g/mol. The fourth-order valence-corrected chi connectivity index (χ4v) is 2.64. The SMILES string of the molecule is CC(C)OCCNC(=O)N1CCSCC1C(=O)O. The van der Waals surface area contributed by atoms with Gasteiger partial charge in [0.25, 0.3) is 0 Å². The first kappa shape index (κ1) is 15.1. The molecule has 1 unspecified atom stereocenters. The molecule has 0 bridgehead atoms. The smallest absolute Gasteiger partial charge is 0.327 e. The van der Waals surface area contributed by atoms with Crippen LogP contribution in [0.3, 0.4) is 0 Å². The number of thioether (sulfide) groups is 1. The topological polar surface area (TPSA) is 78.9 Å². The van der Waals surface area contributed by atoms with E-state index in [9.17, 15) is 9.59 Å². The second-order valence-corrected chi connectivity index (χ2v) is 5.42. The molecule has 1 aliphatic rings. The summed E-state index contributed by atoms with van der Waals surface area (Å²) in [6.07, 6.45) is 0.125. The van der Waals surface area contributed by atoms with Gasteiger partial charge < -0.3 is 20.1 Å². The minimum atomic E-state index is -0.948. The predicted molar refractivity (Wildman–Crippen MR) is 69.9 cm³/mol. The first-order valence-electron chi connectivity index (χ1n) is 5.99. The quantitative estimate of drug-likeness (QED) is 0.720. The third-order valence-corrected chi connectivity index (χ3v) is 3.53. The van der Waals surface area contributed by atoms with Crippen LogP contribution >= 0.6 is 11.8 Å². The van der Waals surface area contributed by atoms with Crippen LogP contribution in [-0.2, 0) is 9.53 Å². The maximum Gasteiger partial charge on any atom is 0.327 e. The van der Waals surface area contributed by atoms with Crippen molar-refractivity contribution in [3.05, 3.63) is 0 Å². The third-order valence-electron chi connectivity index (χ3n) is 2.50. The number of carboxylic acid groups (broad SMARTS) is 1. The molecule has 0 spiro atoms. The molecule has 0 saturated carbocycles. The number of aliphatic carboxylic acids is 1. The molecule has 0 aromatic carbocycles. The van der Waals surface area contributed by atoms with Crippen LogP contribution in [0.5, 0.6) is 0 Å². The van der Waals surface area contributed by atoms with E-state index in [0.29, 0.717) is 25.4 Å². The highest BCUT2D eigenvalue weighted by Crippen LogP contribution is 2.16. The number of hydrogen-bond donors (Lipinski definition) is 2. The van der Waals surface area contributed by atoms with Crippen LogP contribution in [0.25, 0.3) is 0 Å². The summed E-state index contributed by atoms with van der Waals surface area (Å²) in [5.74, 6) is 0.279. The molecule has 0 radical (unpaired) electrons. The number of nitrogens with zero attached hydrogens (tertiary/aromatic N) is 1. The molecule has 1 saturated heterocycles. The average Bonchev–Trinajstić information content (AvgIpc) is 2.34. The van der Waals surface area contributed by atoms with Crippen molar-refractivity contribution in [3.63, 3.8) is 0 Å². The lowest BCUT2D eigenvalue weighted by Crippen LogP contribution is -2.54. The average molecular weight is 276 g/mol. The summed E-state index contributed by atoms with van der Waals surface area (Å²) in [6.45, 7) is 5.14. The minimum absolute atomic E-state index is 0.125. The number of rotatable bonds is 5. The van der Waals surface area contributed by atoms with Crippen LogP contribution in [0.4, 0.5) is 4.79 Å². The number of hydrogen-bond acceptors (Lipinski definition) is 4. The fraction of sp³-hybridized carbons (Fsp3) is 0.818. The summed E-state index contributed by atoms with van der Waals surface area (Å²) in [6, 6.07) is -1.05. The fourth-order valence-electron chi connectivity index (χ4n) is 1.61. The lowest BCUT2D eigenvalue weighted by Gasteiger charge is -2.32. The highest BCUT2D eigenvalue weighted by molar-refractivity contribution is 7.99. The van der Waals surface area contributed by atoms with Crippen LogP contribution in [0.1, 0.15) is 13.8 Å². The van der Waals surface area contributed by atoms with Crippen LogP contribution < -0.4 is 5.32 Å². The number of carbonyl (C=O) groups excluding carboxylic acids is 1. The molecule has 7 heteroatoms. The molecule has 18 heavy (non-hydrogen) atoms. The second kappa shape index (κ2) is 7.48. The lowest BCUT2D eigenvalue weighted by atomic mass is 10.3. The van der Waals surface area contributed by atoms with Gasteiger partial charge in [-0.2, -0.15) is 11.8 Å². The first-order valence-corrected chi connectivity index (χ1v) is 7.14. The molecular formula is C11H20N2O4S. The second-order valence-electron chi connectivity index (χ2n) is 4.27. The largest absolute Gasteiger partial charge is 0.480 e. The van der Waals surface area contributed by atoms with Gasteiger partial charge in [-0.1, -0.05) is 0 Å². The van der Waals surface area contributed by atoms with Gasteiger partial charge in [0, 0.05) is 24.6 Å². The van der Waals surface area contributed by atoms with Gasteiger partial charge in [-0.15, -0.1) is 0 Å². The summed E-state index contributed by atoms with van der Waals surface area (Å²) in [7, 11) is 0. The van der Waals surface area contributed by atoms with Gasteiger partial charge in [0.1, 0.15) is 6.04 Å². The Balaban J connectivity index is 2.36. The molecule has 0 aliphatic carbocycles. The zero-order chi connectivity index (χ0) is 13.5. The van der Waals surface area contributed by atoms with Gasteiger partial charge in [0.2, 0.25) is 0 Å². The number of carboxylic acids is 1. The first-order chi connectivity index (χ1) is 8.52. The van der Waals surface area contributed by atoms with Crippen LogP contribution in [0, 0.1) is 0 Å². The lowest BCUT2D eigenvalue weighted by molar-refractivity contribution is -0.141. The maximum absolute atomic E-state index is 11.8. The summed E-state index contributed by atoms with van der Waals surface area (Å²) >= 11 is 1.56. The summed E-state index contributed by atoms with van der Waals surface area (Å²) in [5.41, 5.74) is 0. The van der Waals surface area contributed by atoms with Crippen LogP contribution in [0.15, 0.2) is 0 Å². The molecule has 0 aromatic rings. The van der Waals surface area contributed by atoms with Crippen molar-refractivity contribution in [2.75, 3.05) is 31.2 Å². The number of ether oxygens (including phenoxy) is 1. The highest BCUT2D eigenvalue weighted by Gasteiger charge is 2.32. The Kier molecular flexibility index (Phi) is 6.28. The Labute approximate surface area is 111 Å². The van der Waals surface area contributed by atoms with Crippen molar-refractivity contribution in [2.45, 2.75) is 26.0 Å². The predicted octanol–water partition coefficient (Wildman–Crippen LogP) is 0.623. The summed E-state index contributed by atoms with van der Waals surface area (Å²) in [5, 5.41) is 11.7. The number of urea groups is 1. The van der Waals surface area contributed by atoms with E-state index in [-0.39, 0.29) is 12.1 Å². The molecule has 1 aliphatic heterocycles. The van der Waals surface area contributed by atoms with Gasteiger partial charge in [0.05, 0.1) is 12.7 Å². The normalized spacial score (nSPS) is 19.9. The van der Waals surface area contributed by atoms with E-state index < -0.39 is 12.0 Å². The van der Waals surface area contributed by atoms with Crippen molar-refractivity contribution in [1.29, 1.82) is 0 Å². The van der Waals surface area contributed by atoms with E-state index in [1.165, 1.54) is 4.90 Å². The molecular weight excluding hydrogens is 256 g/mol. The van der Waals surface area contributed by atoms with E-state index in [1.54, 1.807) is 11.8 Å².